The zero-order valence-corrected chi connectivity index (χ0v) is 16.5. The van der Waals surface area contributed by atoms with Crippen molar-refractivity contribution in [3.63, 3.8) is 0 Å². The van der Waals surface area contributed by atoms with E-state index in [4.69, 9.17) is 4.52 Å². The van der Waals surface area contributed by atoms with Crippen LogP contribution in [0.4, 0.5) is 4.39 Å². The van der Waals surface area contributed by atoms with Gasteiger partial charge in [-0.15, -0.1) is 0 Å². The summed E-state index contributed by atoms with van der Waals surface area (Å²) in [6.07, 6.45) is 6.20. The quantitative estimate of drug-likeness (QED) is 0.625. The highest BCUT2D eigenvalue weighted by molar-refractivity contribution is 7.90. The van der Waals surface area contributed by atoms with Gasteiger partial charge in [0.25, 0.3) is 0 Å². The molecule has 0 aliphatic heterocycles. The third kappa shape index (κ3) is 3.00. The summed E-state index contributed by atoms with van der Waals surface area (Å²) in [5.41, 5.74) is 3.49. The molecule has 1 aliphatic rings. The molecule has 0 radical (unpaired) electrons. The van der Waals surface area contributed by atoms with Crippen molar-refractivity contribution in [1.29, 1.82) is 0 Å². The molecule has 3 aromatic rings. The van der Waals surface area contributed by atoms with Crippen molar-refractivity contribution in [3.05, 3.63) is 35.5 Å². The fraction of sp³-hybridized carbons (Fsp3) is 0.400. The first-order valence-corrected chi connectivity index (χ1v) is 10.7. The van der Waals surface area contributed by atoms with Crippen LogP contribution in [0.5, 0.6) is 0 Å². The maximum atomic E-state index is 13.2. The van der Waals surface area contributed by atoms with Crippen molar-refractivity contribution in [2.45, 2.75) is 44.8 Å². The lowest BCUT2D eigenvalue weighted by atomic mass is 10.1. The van der Waals surface area contributed by atoms with Crippen LogP contribution in [0.1, 0.15) is 42.7 Å². The van der Waals surface area contributed by atoms with Gasteiger partial charge in [-0.1, -0.05) is 29.8 Å². The van der Waals surface area contributed by atoms with Gasteiger partial charge < -0.3 is 4.52 Å². The second kappa shape index (κ2) is 7.06. The number of halogens is 1. The van der Waals surface area contributed by atoms with Gasteiger partial charge in [-0.2, -0.15) is 0 Å². The smallest absolute Gasteiger partial charge is 0.241 e. The third-order valence-electron chi connectivity index (χ3n) is 5.22. The normalized spacial score (nSPS) is 15.1. The first-order chi connectivity index (χ1) is 13.4. The van der Waals surface area contributed by atoms with Crippen LogP contribution in [-0.2, 0) is 10.0 Å². The molecule has 0 N–H and O–H groups in total. The van der Waals surface area contributed by atoms with Crippen molar-refractivity contribution in [3.8, 4) is 23.0 Å². The first kappa shape index (κ1) is 18.7. The van der Waals surface area contributed by atoms with Crippen LogP contribution in [0.2, 0.25) is 0 Å². The van der Waals surface area contributed by atoms with Gasteiger partial charge in [0.2, 0.25) is 10.0 Å². The van der Waals surface area contributed by atoms with E-state index in [0.29, 0.717) is 40.9 Å². The minimum atomic E-state index is -3.60. The molecule has 0 bridgehead atoms. The van der Waals surface area contributed by atoms with Crippen LogP contribution in [0.25, 0.3) is 22.2 Å². The molecule has 4 rings (SSSR count). The highest BCUT2D eigenvalue weighted by atomic mass is 32.2. The molecule has 0 spiro atoms. The predicted octanol–water partition coefficient (Wildman–Crippen LogP) is 3.75. The number of rotatable bonds is 3. The van der Waals surface area contributed by atoms with Crippen LogP contribution >= 0.6 is 0 Å². The molecule has 3 aromatic heterocycles. The molecule has 1 saturated carbocycles. The summed E-state index contributed by atoms with van der Waals surface area (Å²) in [4.78, 5) is 4.45. The van der Waals surface area contributed by atoms with Crippen molar-refractivity contribution < 1.29 is 17.3 Å². The van der Waals surface area contributed by atoms with Gasteiger partial charge in [0.05, 0.1) is 22.0 Å². The van der Waals surface area contributed by atoms with Gasteiger partial charge >= 0.3 is 0 Å². The summed E-state index contributed by atoms with van der Waals surface area (Å²) in [6.45, 7) is 2.81. The molecule has 0 unspecified atom stereocenters. The number of hydrogen-bond acceptors (Lipinski definition) is 5. The molecule has 6 nitrogen and oxygen atoms in total. The highest BCUT2D eigenvalue weighted by Gasteiger charge is 2.32. The first-order valence-electron chi connectivity index (χ1n) is 9.17. The monoisotopic (exact) mass is 401 g/mol. The predicted molar refractivity (Wildman–Crippen MR) is 104 cm³/mol. The van der Waals surface area contributed by atoms with Crippen LogP contribution < -0.4 is 0 Å². The number of fused-ring (bicyclic) bond motifs is 1. The van der Waals surface area contributed by atoms with E-state index in [1.54, 1.807) is 19.2 Å². The maximum absolute atomic E-state index is 13.2. The fourth-order valence-electron chi connectivity index (χ4n) is 3.89. The molecule has 1 fully saturated rings. The highest BCUT2D eigenvalue weighted by Crippen LogP contribution is 2.33. The van der Waals surface area contributed by atoms with E-state index < -0.39 is 21.9 Å². The number of alkyl halides is 1. The van der Waals surface area contributed by atoms with Crippen LogP contribution in [-0.4, -0.2) is 34.5 Å². The van der Waals surface area contributed by atoms with E-state index in [2.05, 4.69) is 22.0 Å². The topological polar surface area (TPSA) is 78.0 Å². The Morgan fingerprint density at radius 1 is 1.32 bits per heavy atom. The van der Waals surface area contributed by atoms with E-state index in [1.165, 1.54) is 10.2 Å². The summed E-state index contributed by atoms with van der Waals surface area (Å²) >= 11 is 0. The molecular weight excluding hydrogens is 381 g/mol. The average Bonchev–Trinajstić information content (AvgIpc) is 3.39. The molecule has 28 heavy (non-hydrogen) atoms. The maximum Gasteiger partial charge on any atom is 0.241 e. The molecule has 146 valence electrons. The van der Waals surface area contributed by atoms with Crippen molar-refractivity contribution >= 4 is 21.1 Å². The van der Waals surface area contributed by atoms with Gasteiger partial charge in [0.15, 0.2) is 6.67 Å². The Hall–Kier alpha value is -2.66. The van der Waals surface area contributed by atoms with Crippen LogP contribution in [0.15, 0.2) is 23.0 Å². The lowest BCUT2D eigenvalue weighted by Gasteiger charge is -2.13. The molecule has 0 atom stereocenters. The fourth-order valence-corrected chi connectivity index (χ4v) is 5.80. The lowest BCUT2D eigenvalue weighted by Crippen LogP contribution is -2.24. The number of aryl methyl sites for hydroxylation is 2. The van der Waals surface area contributed by atoms with Crippen molar-refractivity contribution in [2.75, 3.05) is 6.67 Å². The van der Waals surface area contributed by atoms with E-state index in [0.717, 1.165) is 24.0 Å². The largest absolute Gasteiger partial charge is 0.361 e. The molecule has 0 saturated heterocycles. The second-order valence-electron chi connectivity index (χ2n) is 7.02. The Morgan fingerprint density at radius 2 is 2.07 bits per heavy atom. The van der Waals surface area contributed by atoms with E-state index >= 15 is 0 Å². The lowest BCUT2D eigenvalue weighted by molar-refractivity contribution is 0.393. The van der Waals surface area contributed by atoms with Gasteiger partial charge in [-0.3, -0.25) is 4.98 Å². The minimum absolute atomic E-state index is 0.402. The Kier molecular flexibility index (Phi) is 4.71. The molecular formula is C20H20FN3O3S. The minimum Gasteiger partial charge on any atom is -0.361 e. The average molecular weight is 401 g/mol. The van der Waals surface area contributed by atoms with Gasteiger partial charge in [-0.25, -0.2) is 16.8 Å². The molecule has 3 heterocycles. The van der Waals surface area contributed by atoms with Gasteiger partial charge in [-0.05, 0) is 32.8 Å². The van der Waals surface area contributed by atoms with Crippen LogP contribution in [0.3, 0.4) is 0 Å². The Balaban J connectivity index is 1.96. The number of pyridine rings is 1. The van der Waals surface area contributed by atoms with E-state index in [-0.39, 0.29) is 0 Å². The van der Waals surface area contributed by atoms with Crippen LogP contribution in [0, 0.1) is 25.7 Å². The summed E-state index contributed by atoms with van der Waals surface area (Å²) in [7, 11) is -3.60. The third-order valence-corrected chi connectivity index (χ3v) is 7.38. The summed E-state index contributed by atoms with van der Waals surface area (Å²) < 4.78 is 45.6. The molecule has 0 amide bonds. The Bertz CT molecular complexity index is 1190. The van der Waals surface area contributed by atoms with Crippen molar-refractivity contribution in [1.82, 2.24) is 14.1 Å². The molecule has 1 aliphatic carbocycles. The summed E-state index contributed by atoms with van der Waals surface area (Å²) in [5.74, 6) is 5.69. The number of hydrogen-bond donors (Lipinski definition) is 0. The molecule has 0 aromatic carbocycles. The summed E-state index contributed by atoms with van der Waals surface area (Å²) in [6, 6.07) is 1.77. The Labute approximate surface area is 162 Å². The van der Waals surface area contributed by atoms with Gasteiger partial charge in [0.1, 0.15) is 11.3 Å². The van der Waals surface area contributed by atoms with Crippen molar-refractivity contribution in [2.24, 2.45) is 0 Å². The van der Waals surface area contributed by atoms with E-state index in [1.807, 2.05) is 6.92 Å². The standard InChI is InChI=1S/C20H20FN3O3S/c1-13-19(14(2)27-23-13)16-10-18-20(22-11-16)15(6-5-9-21)12-24(18)28(25,26)17-7-3-4-8-17/h10-12,17H,3-4,7-9H2,1-2H3. The van der Waals surface area contributed by atoms with E-state index in [9.17, 15) is 12.8 Å². The molecule has 8 heteroatoms. The van der Waals surface area contributed by atoms with Gasteiger partial charge in [0, 0.05) is 23.5 Å². The Morgan fingerprint density at radius 3 is 2.71 bits per heavy atom. The number of nitrogens with zero attached hydrogens (tertiary/aromatic N) is 3. The number of aromatic nitrogens is 3. The summed E-state index contributed by atoms with van der Waals surface area (Å²) in [5, 5.41) is 3.54. The second-order valence-corrected chi connectivity index (χ2v) is 9.11. The SMILES string of the molecule is Cc1noc(C)c1-c1cnc2c(C#CCF)cn(S(=O)(=O)C3CCCC3)c2c1. The zero-order chi connectivity index (χ0) is 19.9. The zero-order valence-electron chi connectivity index (χ0n) is 15.7.